The van der Waals surface area contributed by atoms with Crippen LogP contribution in [0.15, 0.2) is 48.2 Å². The second-order valence-corrected chi connectivity index (χ2v) is 6.42. The number of aryl methyl sites for hydroxylation is 2. The normalized spacial score (nSPS) is 11.1. The van der Waals surface area contributed by atoms with Crippen LogP contribution < -0.4 is 5.32 Å². The van der Waals surface area contributed by atoms with E-state index in [4.69, 9.17) is 0 Å². The van der Waals surface area contributed by atoms with Gasteiger partial charge in [-0.05, 0) is 24.6 Å². The molecule has 0 saturated carbocycles. The number of rotatable bonds is 3. The molecule has 7 heteroatoms. The van der Waals surface area contributed by atoms with Crippen LogP contribution in [0.4, 0.5) is 5.69 Å². The maximum absolute atomic E-state index is 12.4. The molecule has 1 aromatic carbocycles. The zero-order chi connectivity index (χ0) is 16.7. The van der Waals surface area contributed by atoms with Gasteiger partial charge in [-0.15, -0.1) is 11.3 Å². The Balaban J connectivity index is 1.55. The van der Waals surface area contributed by atoms with Gasteiger partial charge in [0.05, 0.1) is 11.9 Å². The smallest absolute Gasteiger partial charge is 0.274 e. The van der Waals surface area contributed by atoms with Crippen LogP contribution in [0.25, 0.3) is 16.2 Å². The lowest BCUT2D eigenvalue weighted by Crippen LogP contribution is -2.17. The van der Waals surface area contributed by atoms with E-state index in [0.717, 1.165) is 27.5 Å². The molecule has 24 heavy (non-hydrogen) atoms. The highest BCUT2D eigenvalue weighted by molar-refractivity contribution is 7.15. The third kappa shape index (κ3) is 2.48. The molecule has 0 atom stereocenters. The van der Waals surface area contributed by atoms with Crippen molar-refractivity contribution in [1.82, 2.24) is 19.2 Å². The molecule has 3 aromatic heterocycles. The Morgan fingerprint density at radius 1 is 1.25 bits per heavy atom. The molecule has 1 amide bonds. The molecule has 0 bridgehead atoms. The standard InChI is InChI=1S/C17H15N5OS/c1-11-9-18-21(2)15(11)16(23)19-13-5-3-12(4-6-13)14-10-22-7-8-24-17(22)20-14/h3-10H,1-2H3,(H,19,23). The number of hydrogen-bond acceptors (Lipinski definition) is 4. The summed E-state index contributed by atoms with van der Waals surface area (Å²) in [7, 11) is 1.76. The minimum Gasteiger partial charge on any atom is -0.321 e. The van der Waals surface area contributed by atoms with Crippen LogP contribution in [-0.4, -0.2) is 25.1 Å². The van der Waals surface area contributed by atoms with Crippen molar-refractivity contribution in [3.05, 3.63) is 59.5 Å². The average Bonchev–Trinajstić information content (AvgIpc) is 3.23. The van der Waals surface area contributed by atoms with E-state index in [9.17, 15) is 4.79 Å². The summed E-state index contributed by atoms with van der Waals surface area (Å²) in [4.78, 5) is 17.9. The molecular weight excluding hydrogens is 322 g/mol. The summed E-state index contributed by atoms with van der Waals surface area (Å²) in [5.41, 5.74) is 4.09. The molecule has 6 nitrogen and oxygen atoms in total. The van der Waals surface area contributed by atoms with Crippen LogP contribution in [0, 0.1) is 6.92 Å². The van der Waals surface area contributed by atoms with Gasteiger partial charge in [-0.2, -0.15) is 5.10 Å². The number of nitrogens with zero attached hydrogens (tertiary/aromatic N) is 4. The van der Waals surface area contributed by atoms with Gasteiger partial charge < -0.3 is 5.32 Å². The number of nitrogens with one attached hydrogen (secondary N) is 1. The molecule has 0 radical (unpaired) electrons. The highest BCUT2D eigenvalue weighted by Gasteiger charge is 2.14. The lowest BCUT2D eigenvalue weighted by molar-refractivity contribution is 0.101. The summed E-state index contributed by atoms with van der Waals surface area (Å²) in [6.07, 6.45) is 5.67. The lowest BCUT2D eigenvalue weighted by Gasteiger charge is -2.07. The molecule has 0 unspecified atom stereocenters. The zero-order valence-electron chi connectivity index (χ0n) is 13.2. The molecule has 120 valence electrons. The van der Waals surface area contributed by atoms with Crippen molar-refractivity contribution in [2.75, 3.05) is 5.32 Å². The van der Waals surface area contributed by atoms with E-state index >= 15 is 0 Å². The molecule has 0 aliphatic rings. The highest BCUT2D eigenvalue weighted by atomic mass is 32.1. The number of thiazole rings is 1. The summed E-state index contributed by atoms with van der Waals surface area (Å²) >= 11 is 1.60. The van der Waals surface area contributed by atoms with Gasteiger partial charge in [0, 0.05) is 36.1 Å². The van der Waals surface area contributed by atoms with Crippen molar-refractivity contribution in [1.29, 1.82) is 0 Å². The highest BCUT2D eigenvalue weighted by Crippen LogP contribution is 2.23. The number of fused-ring (bicyclic) bond motifs is 1. The van der Waals surface area contributed by atoms with E-state index in [0.29, 0.717) is 5.69 Å². The predicted octanol–water partition coefficient (Wildman–Crippen LogP) is 3.36. The van der Waals surface area contributed by atoms with Crippen molar-refractivity contribution < 1.29 is 4.79 Å². The van der Waals surface area contributed by atoms with Gasteiger partial charge in [-0.3, -0.25) is 13.9 Å². The maximum Gasteiger partial charge on any atom is 0.274 e. The number of benzene rings is 1. The van der Waals surface area contributed by atoms with E-state index in [1.807, 2.05) is 53.4 Å². The molecule has 0 fully saturated rings. The number of imidazole rings is 1. The van der Waals surface area contributed by atoms with Crippen LogP contribution in [0.3, 0.4) is 0 Å². The predicted molar refractivity (Wildman–Crippen MR) is 94.4 cm³/mol. The number of aromatic nitrogens is 4. The summed E-state index contributed by atoms with van der Waals surface area (Å²) < 4.78 is 3.58. The van der Waals surface area contributed by atoms with Gasteiger partial charge >= 0.3 is 0 Å². The van der Waals surface area contributed by atoms with E-state index in [1.165, 1.54) is 0 Å². The Labute approximate surface area is 142 Å². The fraction of sp³-hybridized carbons (Fsp3) is 0.118. The van der Waals surface area contributed by atoms with Gasteiger partial charge in [-0.25, -0.2) is 4.98 Å². The number of carbonyl (C=O) groups excluding carboxylic acids is 1. The summed E-state index contributed by atoms with van der Waals surface area (Å²) in [6, 6.07) is 7.68. The Morgan fingerprint density at radius 3 is 2.71 bits per heavy atom. The molecule has 4 rings (SSSR count). The van der Waals surface area contributed by atoms with Crippen molar-refractivity contribution in [2.45, 2.75) is 6.92 Å². The van der Waals surface area contributed by atoms with E-state index in [1.54, 1.807) is 29.3 Å². The molecule has 4 aromatic rings. The number of amides is 1. The van der Waals surface area contributed by atoms with Crippen LogP contribution in [0.5, 0.6) is 0 Å². The maximum atomic E-state index is 12.4. The minimum absolute atomic E-state index is 0.164. The molecule has 1 N–H and O–H groups in total. The number of hydrogen-bond donors (Lipinski definition) is 1. The SMILES string of the molecule is Cc1cnn(C)c1C(=O)Nc1ccc(-c2cn3ccsc3n2)cc1. The first-order valence-electron chi connectivity index (χ1n) is 7.44. The number of anilines is 1. The molecule has 0 saturated heterocycles. The first-order chi connectivity index (χ1) is 11.6. The largest absolute Gasteiger partial charge is 0.321 e. The third-order valence-electron chi connectivity index (χ3n) is 3.87. The Bertz CT molecular complexity index is 977. The fourth-order valence-corrected chi connectivity index (χ4v) is 3.35. The van der Waals surface area contributed by atoms with Crippen molar-refractivity contribution in [2.24, 2.45) is 7.05 Å². The van der Waals surface area contributed by atoms with E-state index in [-0.39, 0.29) is 5.91 Å². The molecular formula is C17H15N5OS. The van der Waals surface area contributed by atoms with Gasteiger partial charge in [0.1, 0.15) is 5.69 Å². The summed E-state index contributed by atoms with van der Waals surface area (Å²) in [5.74, 6) is -0.164. The first-order valence-corrected chi connectivity index (χ1v) is 8.32. The lowest BCUT2D eigenvalue weighted by atomic mass is 10.1. The van der Waals surface area contributed by atoms with Gasteiger partial charge in [0.25, 0.3) is 5.91 Å². The first kappa shape index (κ1) is 14.6. The van der Waals surface area contributed by atoms with Crippen molar-refractivity contribution in [3.63, 3.8) is 0 Å². The second-order valence-electron chi connectivity index (χ2n) is 5.55. The second kappa shape index (κ2) is 5.61. The van der Waals surface area contributed by atoms with Crippen LogP contribution in [-0.2, 0) is 7.05 Å². The topological polar surface area (TPSA) is 64.2 Å². The van der Waals surface area contributed by atoms with Gasteiger partial charge in [0.15, 0.2) is 4.96 Å². The van der Waals surface area contributed by atoms with E-state index in [2.05, 4.69) is 15.4 Å². The monoisotopic (exact) mass is 337 g/mol. The third-order valence-corrected chi connectivity index (χ3v) is 4.64. The Kier molecular flexibility index (Phi) is 3.42. The zero-order valence-corrected chi connectivity index (χ0v) is 14.0. The number of carbonyl (C=O) groups is 1. The Hall–Kier alpha value is -2.93. The summed E-state index contributed by atoms with van der Waals surface area (Å²) in [5, 5.41) is 9.00. The average molecular weight is 337 g/mol. The van der Waals surface area contributed by atoms with E-state index < -0.39 is 0 Å². The molecule has 0 aliphatic carbocycles. The quantitative estimate of drug-likeness (QED) is 0.623. The van der Waals surface area contributed by atoms with Gasteiger partial charge in [0.2, 0.25) is 0 Å². The van der Waals surface area contributed by atoms with Gasteiger partial charge in [-0.1, -0.05) is 12.1 Å². The van der Waals surface area contributed by atoms with Crippen molar-refractivity contribution in [3.8, 4) is 11.3 Å². The Morgan fingerprint density at radius 2 is 2.04 bits per heavy atom. The van der Waals surface area contributed by atoms with Crippen LogP contribution >= 0.6 is 11.3 Å². The molecule has 0 spiro atoms. The van der Waals surface area contributed by atoms with Crippen LogP contribution in [0.1, 0.15) is 16.1 Å². The summed E-state index contributed by atoms with van der Waals surface area (Å²) in [6.45, 7) is 1.87. The fourth-order valence-electron chi connectivity index (χ4n) is 2.65. The molecule has 3 heterocycles. The van der Waals surface area contributed by atoms with Crippen LogP contribution in [0.2, 0.25) is 0 Å². The van der Waals surface area contributed by atoms with Crippen molar-refractivity contribution >= 4 is 27.9 Å². The minimum atomic E-state index is -0.164. The molecule has 0 aliphatic heterocycles.